The van der Waals surface area contributed by atoms with Crippen LogP contribution < -0.4 is 0 Å². The lowest BCUT2D eigenvalue weighted by atomic mass is 10.1. The van der Waals surface area contributed by atoms with Crippen LogP contribution in [0.15, 0.2) is 60.7 Å². The molecule has 0 N–H and O–H groups in total. The molecule has 2 heterocycles. The van der Waals surface area contributed by atoms with Crippen molar-refractivity contribution in [2.24, 2.45) is 0 Å². The van der Waals surface area contributed by atoms with Crippen LogP contribution in [-0.4, -0.2) is 28.2 Å². The van der Waals surface area contributed by atoms with Gasteiger partial charge in [0.1, 0.15) is 0 Å². The largest absolute Gasteiger partial charge is 0.274 e. The minimum Gasteiger partial charge on any atom is -0.274 e. The summed E-state index contributed by atoms with van der Waals surface area (Å²) in [5, 5.41) is 1.11. The van der Waals surface area contributed by atoms with Crippen LogP contribution in [0.2, 0.25) is 0 Å². The van der Waals surface area contributed by atoms with Gasteiger partial charge in [0.2, 0.25) is 0 Å². The van der Waals surface area contributed by atoms with Crippen LogP contribution in [0, 0.1) is 0 Å². The van der Waals surface area contributed by atoms with Gasteiger partial charge >= 0.3 is 0 Å². The highest BCUT2D eigenvalue weighted by molar-refractivity contribution is 6.21. The molecule has 0 radical (unpaired) electrons. The fourth-order valence-corrected chi connectivity index (χ4v) is 3.11. The lowest BCUT2D eigenvalue weighted by Gasteiger charge is -2.13. The molecule has 4 heteroatoms. The molecule has 0 aliphatic carbocycles. The van der Waals surface area contributed by atoms with Gasteiger partial charge in [-0.15, -0.1) is 0 Å². The Kier molecular flexibility index (Phi) is 3.58. The van der Waals surface area contributed by atoms with E-state index in [1.807, 2.05) is 30.3 Å². The highest BCUT2D eigenvalue weighted by atomic mass is 16.2. The number of imide groups is 1. The van der Waals surface area contributed by atoms with Gasteiger partial charge in [-0.2, -0.15) is 0 Å². The number of amides is 2. The van der Waals surface area contributed by atoms with Gasteiger partial charge in [-0.05, 0) is 37.1 Å². The Morgan fingerprint density at radius 3 is 2.21 bits per heavy atom. The predicted octanol–water partition coefficient (Wildman–Crippen LogP) is 3.46. The van der Waals surface area contributed by atoms with Crippen molar-refractivity contribution in [3.8, 4) is 0 Å². The van der Waals surface area contributed by atoms with E-state index < -0.39 is 0 Å². The Morgan fingerprint density at radius 1 is 0.792 bits per heavy atom. The number of carbonyl (C=O) groups is 2. The summed E-state index contributed by atoms with van der Waals surface area (Å²) in [5.74, 6) is -0.385. The molecule has 0 saturated heterocycles. The van der Waals surface area contributed by atoms with Gasteiger partial charge in [-0.3, -0.25) is 19.5 Å². The number of hydrogen-bond donors (Lipinski definition) is 0. The second kappa shape index (κ2) is 5.89. The van der Waals surface area contributed by atoms with Crippen LogP contribution >= 0.6 is 0 Å². The summed E-state index contributed by atoms with van der Waals surface area (Å²) in [6, 6.07) is 19.0. The van der Waals surface area contributed by atoms with Crippen molar-refractivity contribution < 1.29 is 9.59 Å². The smallest absolute Gasteiger partial charge is 0.261 e. The molecule has 24 heavy (non-hydrogen) atoms. The molecule has 0 atom stereocenters. The zero-order chi connectivity index (χ0) is 16.5. The van der Waals surface area contributed by atoms with Crippen LogP contribution in [0.3, 0.4) is 0 Å². The summed E-state index contributed by atoms with van der Waals surface area (Å²) in [7, 11) is 0. The maximum Gasteiger partial charge on any atom is 0.261 e. The van der Waals surface area contributed by atoms with E-state index >= 15 is 0 Å². The Bertz CT molecular complexity index is 914. The first-order valence-corrected chi connectivity index (χ1v) is 8.04. The Balaban J connectivity index is 1.44. The summed E-state index contributed by atoms with van der Waals surface area (Å²) < 4.78 is 0. The number of carbonyl (C=O) groups excluding carboxylic acids is 2. The third-order valence-corrected chi connectivity index (χ3v) is 4.35. The van der Waals surface area contributed by atoms with Gasteiger partial charge in [-0.1, -0.05) is 36.4 Å². The van der Waals surface area contributed by atoms with E-state index in [4.69, 9.17) is 0 Å². The first kappa shape index (κ1) is 14.6. The number of nitrogens with zero attached hydrogens (tertiary/aromatic N) is 2. The second-order valence-electron chi connectivity index (χ2n) is 5.91. The van der Waals surface area contributed by atoms with E-state index in [1.165, 1.54) is 4.90 Å². The van der Waals surface area contributed by atoms with Crippen molar-refractivity contribution in [3.63, 3.8) is 0 Å². The standard InChI is InChI=1S/C20H16N2O2/c23-19-16-8-2-3-9-17(16)20(24)22(19)13-5-7-15-12-11-14-6-1-4-10-18(14)21-15/h1-4,6,8-12H,5,7,13H2. The fourth-order valence-electron chi connectivity index (χ4n) is 3.11. The first-order valence-electron chi connectivity index (χ1n) is 8.04. The van der Waals surface area contributed by atoms with E-state index in [2.05, 4.69) is 11.1 Å². The van der Waals surface area contributed by atoms with Gasteiger partial charge < -0.3 is 0 Å². The van der Waals surface area contributed by atoms with Crippen LogP contribution in [0.25, 0.3) is 10.9 Å². The summed E-state index contributed by atoms with van der Waals surface area (Å²) in [6.07, 6.45) is 1.44. The van der Waals surface area contributed by atoms with Crippen molar-refractivity contribution in [3.05, 3.63) is 77.5 Å². The van der Waals surface area contributed by atoms with Gasteiger partial charge in [0.05, 0.1) is 16.6 Å². The number of rotatable bonds is 4. The van der Waals surface area contributed by atoms with E-state index in [-0.39, 0.29) is 11.8 Å². The normalized spacial score (nSPS) is 13.6. The van der Waals surface area contributed by atoms with Crippen LogP contribution in [-0.2, 0) is 6.42 Å². The van der Waals surface area contributed by atoms with Crippen molar-refractivity contribution >= 4 is 22.7 Å². The Morgan fingerprint density at radius 2 is 1.46 bits per heavy atom. The molecule has 2 amide bonds. The van der Waals surface area contributed by atoms with E-state index in [9.17, 15) is 9.59 Å². The lowest BCUT2D eigenvalue weighted by molar-refractivity contribution is 0.0652. The molecule has 118 valence electrons. The molecule has 0 saturated carbocycles. The highest BCUT2D eigenvalue weighted by Gasteiger charge is 2.34. The second-order valence-corrected chi connectivity index (χ2v) is 5.91. The maximum atomic E-state index is 12.3. The van der Waals surface area contributed by atoms with Gasteiger partial charge in [0.25, 0.3) is 11.8 Å². The average molecular weight is 316 g/mol. The number of para-hydroxylation sites is 1. The molecule has 0 unspecified atom stereocenters. The topological polar surface area (TPSA) is 50.3 Å². The minimum atomic E-state index is -0.193. The van der Waals surface area contributed by atoms with Crippen molar-refractivity contribution in [2.45, 2.75) is 12.8 Å². The predicted molar refractivity (Wildman–Crippen MR) is 91.9 cm³/mol. The number of fused-ring (bicyclic) bond motifs is 2. The Hall–Kier alpha value is -3.01. The monoisotopic (exact) mass is 316 g/mol. The van der Waals surface area contributed by atoms with E-state index in [0.29, 0.717) is 24.1 Å². The van der Waals surface area contributed by atoms with Gasteiger partial charge in [-0.25, -0.2) is 0 Å². The van der Waals surface area contributed by atoms with Crippen LogP contribution in [0.5, 0.6) is 0 Å². The number of benzene rings is 2. The molecule has 1 aliphatic heterocycles. The Labute approximate surface area is 139 Å². The van der Waals surface area contributed by atoms with Crippen molar-refractivity contribution in [1.29, 1.82) is 0 Å². The van der Waals surface area contributed by atoms with Gasteiger partial charge in [0, 0.05) is 17.6 Å². The average Bonchev–Trinajstić information content (AvgIpc) is 2.87. The molecule has 4 rings (SSSR count). The van der Waals surface area contributed by atoms with Crippen molar-refractivity contribution in [2.75, 3.05) is 6.54 Å². The van der Waals surface area contributed by atoms with Crippen LogP contribution in [0.1, 0.15) is 32.8 Å². The molecule has 0 bridgehead atoms. The summed E-state index contributed by atoms with van der Waals surface area (Å²) in [6.45, 7) is 0.418. The maximum absolute atomic E-state index is 12.3. The van der Waals surface area contributed by atoms with E-state index in [1.54, 1.807) is 24.3 Å². The van der Waals surface area contributed by atoms with Crippen LogP contribution in [0.4, 0.5) is 0 Å². The molecular weight excluding hydrogens is 300 g/mol. The first-order chi connectivity index (χ1) is 11.7. The zero-order valence-electron chi connectivity index (χ0n) is 13.1. The zero-order valence-corrected chi connectivity index (χ0v) is 13.1. The fraction of sp³-hybridized carbons (Fsp3) is 0.150. The molecule has 0 spiro atoms. The number of hydrogen-bond acceptors (Lipinski definition) is 3. The van der Waals surface area contributed by atoms with Gasteiger partial charge in [0.15, 0.2) is 0 Å². The molecule has 1 aliphatic rings. The number of aromatic nitrogens is 1. The SMILES string of the molecule is O=C1c2ccccc2C(=O)N1CCCc1ccc2ccccc2n1. The number of aryl methyl sites for hydroxylation is 1. The molecule has 3 aromatic rings. The molecule has 0 fully saturated rings. The third-order valence-electron chi connectivity index (χ3n) is 4.35. The molecule has 1 aromatic heterocycles. The molecular formula is C20H16N2O2. The summed E-state index contributed by atoms with van der Waals surface area (Å²) in [5.41, 5.74) is 2.96. The van der Waals surface area contributed by atoms with Crippen molar-refractivity contribution in [1.82, 2.24) is 9.88 Å². The highest BCUT2D eigenvalue weighted by Crippen LogP contribution is 2.22. The minimum absolute atomic E-state index is 0.193. The van der Waals surface area contributed by atoms with E-state index in [0.717, 1.165) is 23.0 Å². The molecule has 2 aromatic carbocycles. The summed E-state index contributed by atoms with van der Waals surface area (Å²) in [4.78, 5) is 30.6. The molecule has 4 nitrogen and oxygen atoms in total. The summed E-state index contributed by atoms with van der Waals surface area (Å²) >= 11 is 0. The lowest BCUT2D eigenvalue weighted by Crippen LogP contribution is -2.31. The number of pyridine rings is 1. The quantitative estimate of drug-likeness (QED) is 0.693. The third kappa shape index (κ3) is 2.46.